The number of hydrogen-bond donors (Lipinski definition) is 1. The van der Waals surface area contributed by atoms with E-state index in [1.54, 1.807) is 37.3 Å². The Bertz CT molecular complexity index is 575. The third kappa shape index (κ3) is 6.19. The molecule has 0 heterocycles. The number of nitrogens with one attached hydrogen (secondary N) is 1. The molecule has 0 aliphatic heterocycles. The van der Waals surface area contributed by atoms with E-state index in [0.29, 0.717) is 38.3 Å². The number of carbonyl (C=O) groups excluding carboxylic acids is 1. The summed E-state index contributed by atoms with van der Waals surface area (Å²) in [6.45, 7) is 5.38. The van der Waals surface area contributed by atoms with Crippen LogP contribution in [-0.2, 0) is 19.6 Å². The second-order valence-corrected chi connectivity index (χ2v) is 7.02. The quantitative estimate of drug-likeness (QED) is 0.658. The molecule has 1 amide bonds. The van der Waals surface area contributed by atoms with Crippen molar-refractivity contribution in [2.24, 2.45) is 0 Å². The molecule has 0 fully saturated rings. The fraction of sp³-hybridized carbons (Fsp3) is 0.562. The predicted molar refractivity (Wildman–Crippen MR) is 92.0 cm³/mol. The third-order valence-electron chi connectivity index (χ3n) is 3.31. The second-order valence-electron chi connectivity index (χ2n) is 5.16. The van der Waals surface area contributed by atoms with Crippen molar-refractivity contribution in [3.05, 3.63) is 30.3 Å². The molecule has 0 saturated carbocycles. The zero-order valence-electron chi connectivity index (χ0n) is 14.0. The van der Waals surface area contributed by atoms with E-state index in [1.165, 1.54) is 4.31 Å². The van der Waals surface area contributed by atoms with E-state index >= 15 is 0 Å². The highest BCUT2D eigenvalue weighted by atomic mass is 32.2. The van der Waals surface area contributed by atoms with Gasteiger partial charge in [0.05, 0.1) is 11.9 Å². The summed E-state index contributed by atoms with van der Waals surface area (Å²) in [6, 6.07) is 7.91. The van der Waals surface area contributed by atoms with Gasteiger partial charge in [0.1, 0.15) is 6.04 Å². The number of benzene rings is 1. The minimum absolute atomic E-state index is 0.293. The molecule has 1 aromatic carbocycles. The minimum atomic E-state index is -3.57. The summed E-state index contributed by atoms with van der Waals surface area (Å²) in [4.78, 5) is 12.4. The van der Waals surface area contributed by atoms with Crippen LogP contribution in [0, 0.1) is 0 Å². The van der Waals surface area contributed by atoms with Crippen LogP contribution in [0.15, 0.2) is 30.3 Å². The Labute approximate surface area is 138 Å². The van der Waals surface area contributed by atoms with Gasteiger partial charge in [-0.3, -0.25) is 9.10 Å². The summed E-state index contributed by atoms with van der Waals surface area (Å²) in [5.41, 5.74) is 0.492. The minimum Gasteiger partial charge on any atom is -0.382 e. The van der Waals surface area contributed by atoms with Crippen LogP contribution in [-0.4, -0.2) is 46.4 Å². The molecule has 7 heteroatoms. The van der Waals surface area contributed by atoms with Gasteiger partial charge in [0, 0.05) is 19.8 Å². The topological polar surface area (TPSA) is 75.7 Å². The average Bonchev–Trinajstić information content (AvgIpc) is 2.51. The number of carbonyl (C=O) groups is 1. The molecule has 1 N–H and O–H groups in total. The fourth-order valence-electron chi connectivity index (χ4n) is 2.28. The van der Waals surface area contributed by atoms with Gasteiger partial charge < -0.3 is 10.1 Å². The lowest BCUT2D eigenvalue weighted by molar-refractivity contribution is -0.122. The van der Waals surface area contributed by atoms with E-state index < -0.39 is 16.1 Å². The van der Waals surface area contributed by atoms with Gasteiger partial charge in [0.15, 0.2) is 0 Å². The van der Waals surface area contributed by atoms with Crippen molar-refractivity contribution < 1.29 is 17.9 Å². The molecule has 23 heavy (non-hydrogen) atoms. The first-order valence-corrected chi connectivity index (χ1v) is 9.66. The average molecular weight is 342 g/mol. The maximum atomic E-state index is 12.4. The molecule has 0 bridgehead atoms. The molecule has 0 radical (unpaired) electrons. The first kappa shape index (κ1) is 19.4. The van der Waals surface area contributed by atoms with Gasteiger partial charge in [-0.2, -0.15) is 0 Å². The van der Waals surface area contributed by atoms with Crippen LogP contribution in [0.5, 0.6) is 0 Å². The smallest absolute Gasteiger partial charge is 0.243 e. The molecule has 1 atom stereocenters. The van der Waals surface area contributed by atoms with Crippen LogP contribution in [0.25, 0.3) is 0 Å². The van der Waals surface area contributed by atoms with Crippen molar-refractivity contribution in [2.45, 2.75) is 32.7 Å². The summed E-state index contributed by atoms with van der Waals surface area (Å²) < 4.78 is 30.8. The van der Waals surface area contributed by atoms with E-state index in [4.69, 9.17) is 4.74 Å². The van der Waals surface area contributed by atoms with Gasteiger partial charge in [-0.1, -0.05) is 25.1 Å². The molecule has 1 aromatic rings. The van der Waals surface area contributed by atoms with E-state index in [-0.39, 0.29) is 5.91 Å². The number of anilines is 1. The molecular weight excluding hydrogens is 316 g/mol. The number of amides is 1. The molecule has 0 aliphatic carbocycles. The number of rotatable bonds is 10. The standard InChI is InChI=1S/C16H26N2O4S/c1-4-15(16(19)17-12-9-13-22-5-2)18(23(3,20)21)14-10-7-6-8-11-14/h6-8,10-11,15H,4-5,9,12-13H2,1-3H3,(H,17,19)/t15-/m0/s1. The fourth-order valence-corrected chi connectivity index (χ4v) is 3.49. The molecule has 0 aliphatic rings. The Hall–Kier alpha value is -1.60. The SMILES string of the molecule is CCOCCCNC(=O)[C@H](CC)N(c1ccccc1)S(C)(=O)=O. The molecule has 0 unspecified atom stereocenters. The van der Waals surface area contributed by atoms with Gasteiger partial charge in [0.2, 0.25) is 15.9 Å². The summed E-state index contributed by atoms with van der Waals surface area (Å²) >= 11 is 0. The summed E-state index contributed by atoms with van der Waals surface area (Å²) in [6.07, 6.45) is 2.20. The monoisotopic (exact) mass is 342 g/mol. The molecule has 0 saturated heterocycles. The normalized spacial score (nSPS) is 12.7. The highest BCUT2D eigenvalue weighted by molar-refractivity contribution is 7.92. The Kier molecular flexibility index (Phi) is 8.05. The first-order chi connectivity index (χ1) is 10.9. The van der Waals surface area contributed by atoms with Crippen LogP contribution in [0.4, 0.5) is 5.69 Å². The van der Waals surface area contributed by atoms with Crippen molar-refractivity contribution in [3.8, 4) is 0 Å². The number of sulfonamides is 1. The second kappa shape index (κ2) is 9.52. The Balaban J connectivity index is 2.84. The summed E-state index contributed by atoms with van der Waals surface area (Å²) in [5, 5.41) is 2.79. The molecule has 130 valence electrons. The Morgan fingerprint density at radius 2 is 1.91 bits per heavy atom. The first-order valence-electron chi connectivity index (χ1n) is 7.81. The highest BCUT2D eigenvalue weighted by Crippen LogP contribution is 2.21. The van der Waals surface area contributed by atoms with Gasteiger partial charge in [-0.25, -0.2) is 8.42 Å². The molecule has 1 rings (SSSR count). The third-order valence-corrected chi connectivity index (χ3v) is 4.49. The van der Waals surface area contributed by atoms with Gasteiger partial charge >= 0.3 is 0 Å². The van der Waals surface area contributed by atoms with Gasteiger partial charge in [0.25, 0.3) is 0 Å². The Morgan fingerprint density at radius 3 is 2.43 bits per heavy atom. The number of hydrogen-bond acceptors (Lipinski definition) is 4. The molecular formula is C16H26N2O4S. The lowest BCUT2D eigenvalue weighted by atomic mass is 10.2. The van der Waals surface area contributed by atoms with E-state index in [2.05, 4.69) is 5.32 Å². The molecule has 6 nitrogen and oxygen atoms in total. The zero-order chi connectivity index (χ0) is 17.3. The van der Waals surface area contributed by atoms with Crippen molar-refractivity contribution in [3.63, 3.8) is 0 Å². The maximum Gasteiger partial charge on any atom is 0.243 e. The number of ether oxygens (including phenoxy) is 1. The Morgan fingerprint density at radius 1 is 1.26 bits per heavy atom. The van der Waals surface area contributed by atoms with Crippen LogP contribution < -0.4 is 9.62 Å². The van der Waals surface area contributed by atoms with Crippen molar-refractivity contribution in [1.82, 2.24) is 5.32 Å². The van der Waals surface area contributed by atoms with Crippen LogP contribution in [0.2, 0.25) is 0 Å². The van der Waals surface area contributed by atoms with E-state index in [1.807, 2.05) is 6.92 Å². The number of para-hydroxylation sites is 1. The van der Waals surface area contributed by atoms with Gasteiger partial charge in [-0.05, 0) is 31.9 Å². The summed E-state index contributed by atoms with van der Waals surface area (Å²) in [5.74, 6) is -0.293. The van der Waals surface area contributed by atoms with Gasteiger partial charge in [-0.15, -0.1) is 0 Å². The summed E-state index contributed by atoms with van der Waals surface area (Å²) in [7, 11) is -3.57. The largest absolute Gasteiger partial charge is 0.382 e. The van der Waals surface area contributed by atoms with Crippen molar-refractivity contribution in [2.75, 3.05) is 30.3 Å². The van der Waals surface area contributed by atoms with Crippen LogP contribution in [0.3, 0.4) is 0 Å². The van der Waals surface area contributed by atoms with Crippen LogP contribution in [0.1, 0.15) is 26.7 Å². The van der Waals surface area contributed by atoms with Crippen molar-refractivity contribution in [1.29, 1.82) is 0 Å². The van der Waals surface area contributed by atoms with E-state index in [9.17, 15) is 13.2 Å². The lowest BCUT2D eigenvalue weighted by Crippen LogP contribution is -2.49. The maximum absolute atomic E-state index is 12.4. The van der Waals surface area contributed by atoms with Crippen LogP contribution >= 0.6 is 0 Å². The molecule has 0 spiro atoms. The molecule has 0 aromatic heterocycles. The predicted octanol–water partition coefficient (Wildman–Crippen LogP) is 1.77. The zero-order valence-corrected chi connectivity index (χ0v) is 14.8. The number of nitrogens with zero attached hydrogens (tertiary/aromatic N) is 1. The lowest BCUT2D eigenvalue weighted by Gasteiger charge is -2.30. The van der Waals surface area contributed by atoms with E-state index in [0.717, 1.165) is 6.26 Å². The highest BCUT2D eigenvalue weighted by Gasteiger charge is 2.30. The van der Waals surface area contributed by atoms with Crippen molar-refractivity contribution >= 4 is 21.6 Å².